The lowest BCUT2D eigenvalue weighted by Gasteiger charge is -2.35. The van der Waals surface area contributed by atoms with Crippen molar-refractivity contribution in [2.24, 2.45) is 5.92 Å². The van der Waals surface area contributed by atoms with Crippen molar-refractivity contribution in [3.8, 4) is 0 Å². The van der Waals surface area contributed by atoms with Crippen LogP contribution < -0.4 is 10.6 Å². The highest BCUT2D eigenvalue weighted by Crippen LogP contribution is 2.28. The number of β-amino-alcohol motifs (C(OH)–C–C–N with tert-alkyl or cyclic N) is 1. The van der Waals surface area contributed by atoms with Crippen molar-refractivity contribution in [1.82, 2.24) is 9.97 Å². The molecule has 2 aromatic rings. The molecule has 0 spiro atoms. The molecule has 1 aliphatic heterocycles. The van der Waals surface area contributed by atoms with Crippen LogP contribution in [-0.2, 0) is 0 Å². The number of rotatable bonds is 1. The number of nitrogen functional groups attached to an aromatic ring is 1. The van der Waals surface area contributed by atoms with Gasteiger partial charge in [-0.05, 0) is 24.5 Å². The maximum Gasteiger partial charge on any atom is 0.222 e. The summed E-state index contributed by atoms with van der Waals surface area (Å²) < 4.78 is 0. The summed E-state index contributed by atoms with van der Waals surface area (Å²) in [4.78, 5) is 10.7. The molecule has 0 saturated carbocycles. The van der Waals surface area contributed by atoms with Crippen molar-refractivity contribution in [3.63, 3.8) is 0 Å². The zero-order valence-electron chi connectivity index (χ0n) is 11.0. The van der Waals surface area contributed by atoms with Gasteiger partial charge in [0.25, 0.3) is 0 Å². The van der Waals surface area contributed by atoms with Crippen molar-refractivity contribution >= 4 is 22.7 Å². The Morgan fingerprint density at radius 3 is 2.89 bits per heavy atom. The molecule has 1 aromatic carbocycles. The molecule has 1 saturated heterocycles. The Morgan fingerprint density at radius 2 is 2.11 bits per heavy atom. The Labute approximate surface area is 112 Å². The second-order valence-electron chi connectivity index (χ2n) is 5.20. The monoisotopic (exact) mass is 258 g/mol. The van der Waals surface area contributed by atoms with E-state index in [2.05, 4.69) is 21.8 Å². The molecule has 1 fully saturated rings. The van der Waals surface area contributed by atoms with Gasteiger partial charge in [0.2, 0.25) is 5.95 Å². The Morgan fingerprint density at radius 1 is 1.32 bits per heavy atom. The first-order valence-corrected chi connectivity index (χ1v) is 6.60. The highest BCUT2D eigenvalue weighted by atomic mass is 16.3. The van der Waals surface area contributed by atoms with Gasteiger partial charge in [0, 0.05) is 18.5 Å². The van der Waals surface area contributed by atoms with E-state index in [0.717, 1.165) is 29.7 Å². The molecule has 1 aromatic heterocycles. The van der Waals surface area contributed by atoms with E-state index < -0.39 is 0 Å². The number of anilines is 2. The van der Waals surface area contributed by atoms with E-state index in [9.17, 15) is 5.11 Å². The van der Waals surface area contributed by atoms with E-state index in [4.69, 9.17) is 5.73 Å². The minimum atomic E-state index is -0.316. The zero-order chi connectivity index (χ0) is 13.4. The third-order valence-electron chi connectivity index (χ3n) is 3.82. The lowest BCUT2D eigenvalue weighted by atomic mass is 9.96. The van der Waals surface area contributed by atoms with Gasteiger partial charge in [0.15, 0.2) is 0 Å². The van der Waals surface area contributed by atoms with Crippen LogP contribution in [0.25, 0.3) is 10.9 Å². The molecule has 5 nitrogen and oxygen atoms in total. The predicted octanol–water partition coefficient (Wildman–Crippen LogP) is 1.42. The second-order valence-corrected chi connectivity index (χ2v) is 5.20. The topological polar surface area (TPSA) is 75.3 Å². The van der Waals surface area contributed by atoms with Crippen LogP contribution in [0.1, 0.15) is 13.3 Å². The molecule has 100 valence electrons. The van der Waals surface area contributed by atoms with Crippen molar-refractivity contribution in [3.05, 3.63) is 24.3 Å². The van der Waals surface area contributed by atoms with E-state index in [1.54, 1.807) is 0 Å². The van der Waals surface area contributed by atoms with Crippen molar-refractivity contribution in [2.75, 3.05) is 23.7 Å². The highest BCUT2D eigenvalue weighted by molar-refractivity contribution is 5.90. The molecule has 19 heavy (non-hydrogen) atoms. The number of fused-ring (bicyclic) bond motifs is 1. The number of aliphatic hydroxyl groups excluding tert-OH is 1. The fourth-order valence-electron chi connectivity index (χ4n) is 2.56. The van der Waals surface area contributed by atoms with E-state index in [0.29, 0.717) is 12.5 Å². The maximum atomic E-state index is 10.0. The molecule has 2 heterocycles. The van der Waals surface area contributed by atoms with Gasteiger partial charge >= 0.3 is 0 Å². The molecule has 0 aliphatic carbocycles. The normalized spacial score (nSPS) is 23.8. The number of aliphatic hydroxyl groups is 1. The van der Waals surface area contributed by atoms with E-state index in [-0.39, 0.29) is 12.1 Å². The standard InChI is InChI=1S/C14H18N4O/c1-9-6-7-18(8-12(9)19)13-10-4-2-3-5-11(10)16-14(15)17-13/h2-5,9,12,19H,6-8H2,1H3,(H2,15,16,17). The second kappa shape index (κ2) is 4.66. The van der Waals surface area contributed by atoms with Crippen LogP contribution in [0, 0.1) is 5.92 Å². The molecule has 0 radical (unpaired) electrons. The van der Waals surface area contributed by atoms with Gasteiger partial charge in [-0.2, -0.15) is 4.98 Å². The van der Waals surface area contributed by atoms with Crippen LogP contribution in [-0.4, -0.2) is 34.3 Å². The van der Waals surface area contributed by atoms with Crippen molar-refractivity contribution in [1.29, 1.82) is 0 Å². The van der Waals surface area contributed by atoms with E-state index >= 15 is 0 Å². The highest BCUT2D eigenvalue weighted by Gasteiger charge is 2.26. The Balaban J connectivity index is 2.05. The SMILES string of the molecule is CC1CCN(c2nc(N)nc3ccccc23)CC1O. The Hall–Kier alpha value is -1.88. The molecule has 2 atom stereocenters. The third-order valence-corrected chi connectivity index (χ3v) is 3.82. The fraction of sp³-hybridized carbons (Fsp3) is 0.429. The summed E-state index contributed by atoms with van der Waals surface area (Å²) in [6, 6.07) is 7.83. The van der Waals surface area contributed by atoms with Crippen LogP contribution in [0.4, 0.5) is 11.8 Å². The van der Waals surface area contributed by atoms with Gasteiger partial charge in [-0.15, -0.1) is 0 Å². The molecule has 1 aliphatic rings. The number of piperidine rings is 1. The predicted molar refractivity (Wildman–Crippen MR) is 76.0 cm³/mol. The minimum Gasteiger partial charge on any atom is -0.391 e. The van der Waals surface area contributed by atoms with Gasteiger partial charge in [0.05, 0.1) is 11.6 Å². The molecule has 0 bridgehead atoms. The van der Waals surface area contributed by atoms with E-state index in [1.807, 2.05) is 24.3 Å². The average molecular weight is 258 g/mol. The molecular formula is C14H18N4O. The first kappa shape index (κ1) is 12.2. The molecule has 0 amide bonds. The van der Waals surface area contributed by atoms with Crippen LogP contribution >= 0.6 is 0 Å². The first-order valence-electron chi connectivity index (χ1n) is 6.60. The Kier molecular flexibility index (Phi) is 2.98. The van der Waals surface area contributed by atoms with Gasteiger partial charge in [0.1, 0.15) is 5.82 Å². The molecule has 5 heteroatoms. The summed E-state index contributed by atoms with van der Waals surface area (Å²) in [6.07, 6.45) is 0.642. The Bertz CT molecular complexity index is 601. The lowest BCUT2D eigenvalue weighted by molar-refractivity contribution is 0.103. The van der Waals surface area contributed by atoms with Crippen molar-refractivity contribution < 1.29 is 5.11 Å². The number of para-hydroxylation sites is 1. The van der Waals surface area contributed by atoms with Gasteiger partial charge in [-0.3, -0.25) is 0 Å². The molecule has 3 N–H and O–H groups in total. The number of nitrogens with two attached hydrogens (primary N) is 1. The summed E-state index contributed by atoms with van der Waals surface area (Å²) in [5.74, 6) is 1.44. The van der Waals surface area contributed by atoms with Crippen LogP contribution in [0.3, 0.4) is 0 Å². The van der Waals surface area contributed by atoms with Crippen LogP contribution in [0.15, 0.2) is 24.3 Å². The maximum absolute atomic E-state index is 10.0. The summed E-state index contributed by atoms with van der Waals surface area (Å²) >= 11 is 0. The average Bonchev–Trinajstić information content (AvgIpc) is 2.41. The van der Waals surface area contributed by atoms with Gasteiger partial charge in [-0.1, -0.05) is 19.1 Å². The van der Waals surface area contributed by atoms with Crippen LogP contribution in [0.5, 0.6) is 0 Å². The van der Waals surface area contributed by atoms with Gasteiger partial charge < -0.3 is 15.7 Å². The van der Waals surface area contributed by atoms with E-state index in [1.165, 1.54) is 0 Å². The first-order chi connectivity index (χ1) is 9.15. The summed E-state index contributed by atoms with van der Waals surface area (Å²) in [5, 5.41) is 11.0. The summed E-state index contributed by atoms with van der Waals surface area (Å²) in [7, 11) is 0. The summed E-state index contributed by atoms with van der Waals surface area (Å²) in [5.41, 5.74) is 6.63. The third kappa shape index (κ3) is 2.21. The van der Waals surface area contributed by atoms with Gasteiger partial charge in [-0.25, -0.2) is 4.98 Å². The number of nitrogens with zero attached hydrogens (tertiary/aromatic N) is 3. The molecule has 3 rings (SSSR count). The number of hydrogen-bond acceptors (Lipinski definition) is 5. The number of benzene rings is 1. The molecular weight excluding hydrogens is 240 g/mol. The number of aromatic nitrogens is 2. The summed E-state index contributed by atoms with van der Waals surface area (Å²) in [6.45, 7) is 3.56. The zero-order valence-corrected chi connectivity index (χ0v) is 11.0. The smallest absolute Gasteiger partial charge is 0.222 e. The van der Waals surface area contributed by atoms with Crippen LogP contribution in [0.2, 0.25) is 0 Å². The molecule has 2 unspecified atom stereocenters. The lowest BCUT2D eigenvalue weighted by Crippen LogP contribution is -2.43. The van der Waals surface area contributed by atoms with Crippen molar-refractivity contribution in [2.45, 2.75) is 19.4 Å². The largest absolute Gasteiger partial charge is 0.391 e. The minimum absolute atomic E-state index is 0.279. The quantitative estimate of drug-likeness (QED) is 0.809. The number of hydrogen-bond donors (Lipinski definition) is 2. The fourth-order valence-corrected chi connectivity index (χ4v) is 2.56.